The van der Waals surface area contributed by atoms with Gasteiger partial charge in [-0.3, -0.25) is 9.59 Å². The lowest BCUT2D eigenvalue weighted by molar-refractivity contribution is -0.116. The van der Waals surface area contributed by atoms with Gasteiger partial charge in [0.15, 0.2) is 5.82 Å². The van der Waals surface area contributed by atoms with Gasteiger partial charge in [-0.2, -0.15) is 0 Å². The molecule has 1 saturated heterocycles. The first-order valence-corrected chi connectivity index (χ1v) is 8.23. The molecule has 0 spiro atoms. The third kappa shape index (κ3) is 3.96. The molecule has 2 aromatic rings. The van der Waals surface area contributed by atoms with Crippen molar-refractivity contribution in [3.05, 3.63) is 35.7 Å². The Bertz CT molecular complexity index is 767. The Hall–Kier alpha value is -2.90. The molecule has 25 heavy (non-hydrogen) atoms. The lowest BCUT2D eigenvalue weighted by Crippen LogP contribution is -2.36. The van der Waals surface area contributed by atoms with E-state index in [-0.39, 0.29) is 18.4 Å². The molecule has 0 aromatic carbocycles. The average Bonchev–Trinajstić information content (AvgIpc) is 3.26. The van der Waals surface area contributed by atoms with Gasteiger partial charge in [-0.05, 0) is 31.9 Å². The predicted octanol–water partition coefficient (Wildman–Crippen LogP) is 1.69. The van der Waals surface area contributed by atoms with Gasteiger partial charge < -0.3 is 19.6 Å². The summed E-state index contributed by atoms with van der Waals surface area (Å²) in [6.07, 6.45) is 3.88. The molecule has 0 bridgehead atoms. The minimum absolute atomic E-state index is 0.0843. The molecule has 1 N–H and O–H groups in total. The fourth-order valence-electron chi connectivity index (χ4n) is 2.85. The standard InChI is InChI=1S/C17H21N5O3/c1-12-10-14(20-25-12)19-15(23)11-21(2)17(24)13-6-5-7-18-16(13)22-8-3-4-9-22/h5-7,10H,3-4,8-9,11H2,1-2H3,(H,19,20,23). The van der Waals surface area contributed by atoms with Crippen molar-refractivity contribution in [1.82, 2.24) is 15.0 Å². The van der Waals surface area contributed by atoms with Crippen LogP contribution in [0.3, 0.4) is 0 Å². The van der Waals surface area contributed by atoms with Crippen LogP contribution in [0, 0.1) is 6.92 Å². The van der Waals surface area contributed by atoms with E-state index < -0.39 is 0 Å². The number of pyridine rings is 1. The summed E-state index contributed by atoms with van der Waals surface area (Å²) in [6, 6.07) is 5.10. The number of carbonyl (C=O) groups excluding carboxylic acids is 2. The topological polar surface area (TPSA) is 91.6 Å². The maximum absolute atomic E-state index is 12.8. The van der Waals surface area contributed by atoms with Crippen molar-refractivity contribution in [3.63, 3.8) is 0 Å². The summed E-state index contributed by atoms with van der Waals surface area (Å²) in [4.78, 5) is 32.7. The van der Waals surface area contributed by atoms with E-state index >= 15 is 0 Å². The first-order chi connectivity index (χ1) is 12.0. The molecule has 2 amide bonds. The van der Waals surface area contributed by atoms with Gasteiger partial charge in [-0.15, -0.1) is 0 Å². The fourth-order valence-corrected chi connectivity index (χ4v) is 2.85. The number of nitrogens with one attached hydrogen (secondary N) is 1. The third-order valence-corrected chi connectivity index (χ3v) is 4.05. The van der Waals surface area contributed by atoms with Crippen LogP contribution >= 0.6 is 0 Å². The number of carbonyl (C=O) groups is 2. The van der Waals surface area contributed by atoms with Gasteiger partial charge in [0.25, 0.3) is 5.91 Å². The Balaban J connectivity index is 1.67. The zero-order valence-electron chi connectivity index (χ0n) is 14.4. The maximum atomic E-state index is 12.8. The van der Waals surface area contributed by atoms with Crippen molar-refractivity contribution in [2.24, 2.45) is 0 Å². The van der Waals surface area contributed by atoms with E-state index in [1.165, 1.54) is 4.90 Å². The SMILES string of the molecule is Cc1cc(NC(=O)CN(C)C(=O)c2cccnc2N2CCCC2)no1. The average molecular weight is 343 g/mol. The molecule has 8 nitrogen and oxygen atoms in total. The van der Waals surface area contributed by atoms with E-state index in [0.29, 0.717) is 23.0 Å². The van der Waals surface area contributed by atoms with E-state index in [2.05, 4.69) is 20.4 Å². The second kappa shape index (κ2) is 7.33. The number of rotatable bonds is 5. The van der Waals surface area contributed by atoms with Gasteiger partial charge >= 0.3 is 0 Å². The van der Waals surface area contributed by atoms with Crippen LogP contribution in [0.15, 0.2) is 28.9 Å². The molecular formula is C17H21N5O3. The van der Waals surface area contributed by atoms with Crippen molar-refractivity contribution >= 4 is 23.5 Å². The smallest absolute Gasteiger partial charge is 0.257 e. The van der Waals surface area contributed by atoms with Gasteiger partial charge in [0.2, 0.25) is 5.91 Å². The number of aryl methyl sites for hydroxylation is 1. The highest BCUT2D eigenvalue weighted by molar-refractivity contribution is 6.01. The Labute approximate surface area is 145 Å². The van der Waals surface area contributed by atoms with Crippen LogP contribution in [0.2, 0.25) is 0 Å². The zero-order chi connectivity index (χ0) is 17.8. The molecule has 0 atom stereocenters. The number of amides is 2. The molecule has 8 heteroatoms. The van der Waals surface area contributed by atoms with Gasteiger partial charge in [-0.25, -0.2) is 4.98 Å². The van der Waals surface area contributed by atoms with Crippen LogP contribution in [0.5, 0.6) is 0 Å². The summed E-state index contributed by atoms with van der Waals surface area (Å²) in [7, 11) is 1.59. The third-order valence-electron chi connectivity index (χ3n) is 4.05. The van der Waals surface area contributed by atoms with Gasteiger partial charge in [0.05, 0.1) is 12.1 Å². The molecule has 132 valence electrons. The summed E-state index contributed by atoms with van der Waals surface area (Å²) in [5.74, 6) is 1.05. The van der Waals surface area contributed by atoms with E-state index in [1.807, 2.05) is 0 Å². The fraction of sp³-hybridized carbons (Fsp3) is 0.412. The van der Waals surface area contributed by atoms with Crippen LogP contribution in [0.4, 0.5) is 11.6 Å². The Morgan fingerprint density at radius 1 is 1.36 bits per heavy atom. The number of aromatic nitrogens is 2. The molecule has 3 rings (SSSR count). The first kappa shape index (κ1) is 16.9. The minimum Gasteiger partial charge on any atom is -0.360 e. The highest BCUT2D eigenvalue weighted by atomic mass is 16.5. The van der Waals surface area contributed by atoms with Crippen LogP contribution in [0.25, 0.3) is 0 Å². The van der Waals surface area contributed by atoms with E-state index in [4.69, 9.17) is 4.52 Å². The van der Waals surface area contributed by atoms with E-state index in [9.17, 15) is 9.59 Å². The van der Waals surface area contributed by atoms with Gasteiger partial charge in [0, 0.05) is 32.4 Å². The van der Waals surface area contributed by atoms with Crippen molar-refractivity contribution in [2.75, 3.05) is 36.9 Å². The van der Waals surface area contributed by atoms with Gasteiger partial charge in [-0.1, -0.05) is 5.16 Å². The number of likely N-dealkylation sites (N-methyl/N-ethyl adjacent to an activating group) is 1. The lowest BCUT2D eigenvalue weighted by atomic mass is 10.2. The minimum atomic E-state index is -0.337. The number of hydrogen-bond acceptors (Lipinski definition) is 6. The molecule has 1 fully saturated rings. The lowest BCUT2D eigenvalue weighted by Gasteiger charge is -2.22. The van der Waals surface area contributed by atoms with Crippen LogP contribution in [-0.2, 0) is 4.79 Å². The summed E-state index contributed by atoms with van der Waals surface area (Å²) >= 11 is 0. The highest BCUT2D eigenvalue weighted by Gasteiger charge is 2.23. The summed E-state index contributed by atoms with van der Waals surface area (Å²) < 4.78 is 4.90. The molecule has 1 aliphatic heterocycles. The molecule has 3 heterocycles. The number of anilines is 2. The van der Waals surface area contributed by atoms with Gasteiger partial charge in [0.1, 0.15) is 11.6 Å². The normalized spacial score (nSPS) is 13.8. The monoisotopic (exact) mass is 343 g/mol. The van der Waals surface area contributed by atoms with Crippen molar-refractivity contribution in [2.45, 2.75) is 19.8 Å². The van der Waals surface area contributed by atoms with Crippen LogP contribution in [-0.4, -0.2) is 53.5 Å². The predicted molar refractivity (Wildman–Crippen MR) is 92.5 cm³/mol. The zero-order valence-corrected chi connectivity index (χ0v) is 14.4. The summed E-state index contributed by atoms with van der Waals surface area (Å²) in [6.45, 7) is 3.44. The van der Waals surface area contributed by atoms with Crippen molar-refractivity contribution in [3.8, 4) is 0 Å². The molecule has 0 unspecified atom stereocenters. The highest BCUT2D eigenvalue weighted by Crippen LogP contribution is 2.22. The maximum Gasteiger partial charge on any atom is 0.257 e. The number of hydrogen-bond donors (Lipinski definition) is 1. The molecular weight excluding hydrogens is 322 g/mol. The Morgan fingerprint density at radius 2 is 2.12 bits per heavy atom. The summed E-state index contributed by atoms with van der Waals surface area (Å²) in [5.41, 5.74) is 0.511. The Morgan fingerprint density at radius 3 is 2.80 bits per heavy atom. The largest absolute Gasteiger partial charge is 0.360 e. The first-order valence-electron chi connectivity index (χ1n) is 8.23. The number of nitrogens with zero attached hydrogens (tertiary/aromatic N) is 4. The quantitative estimate of drug-likeness (QED) is 0.888. The van der Waals surface area contributed by atoms with Crippen molar-refractivity contribution in [1.29, 1.82) is 0 Å². The second-order valence-corrected chi connectivity index (χ2v) is 6.10. The second-order valence-electron chi connectivity index (χ2n) is 6.10. The molecule has 0 aliphatic carbocycles. The van der Waals surface area contributed by atoms with E-state index in [1.54, 1.807) is 38.4 Å². The van der Waals surface area contributed by atoms with Crippen LogP contribution in [0.1, 0.15) is 29.0 Å². The molecule has 2 aromatic heterocycles. The van der Waals surface area contributed by atoms with Crippen molar-refractivity contribution < 1.29 is 14.1 Å². The van der Waals surface area contributed by atoms with Crippen LogP contribution < -0.4 is 10.2 Å². The molecule has 1 aliphatic rings. The molecule has 0 radical (unpaired) electrons. The summed E-state index contributed by atoms with van der Waals surface area (Å²) in [5, 5.41) is 6.31. The molecule has 0 saturated carbocycles. The van der Waals surface area contributed by atoms with E-state index in [0.717, 1.165) is 25.9 Å². The Kier molecular flexibility index (Phi) is 4.97.